The minimum Gasteiger partial charge on any atom is -0.463 e. The van der Waals surface area contributed by atoms with Crippen LogP contribution in [0.5, 0.6) is 5.75 Å². The Morgan fingerprint density at radius 1 is 1.39 bits per heavy atom. The van der Waals surface area contributed by atoms with E-state index in [9.17, 15) is 13.6 Å². The summed E-state index contributed by atoms with van der Waals surface area (Å²) in [5.74, 6) is -0.580. The van der Waals surface area contributed by atoms with Crippen LogP contribution in [0.4, 0.5) is 8.78 Å². The quantitative estimate of drug-likeness (QED) is 0.634. The maximum absolute atomic E-state index is 12.6. The lowest BCUT2D eigenvalue weighted by molar-refractivity contribution is -0.139. The first-order valence-corrected chi connectivity index (χ1v) is 7.34. The van der Waals surface area contributed by atoms with Gasteiger partial charge in [-0.15, -0.1) is 0 Å². The molecule has 0 bridgehead atoms. The number of nitrogens with one attached hydrogen (secondary N) is 2. The van der Waals surface area contributed by atoms with Crippen LogP contribution in [-0.2, 0) is 9.53 Å². The molecule has 1 aliphatic rings. The SMILES string of the molecule is CCOC(=O)C1=C(C)NC(=S)NC1c1ccccc1OC(F)F. The molecule has 1 atom stereocenters. The molecular formula is C15H16F2N2O3S. The van der Waals surface area contributed by atoms with Gasteiger partial charge in [0.15, 0.2) is 5.11 Å². The van der Waals surface area contributed by atoms with Crippen molar-refractivity contribution >= 4 is 23.3 Å². The monoisotopic (exact) mass is 342 g/mol. The Kier molecular flexibility index (Phi) is 5.49. The Labute approximate surface area is 137 Å². The fourth-order valence-electron chi connectivity index (χ4n) is 2.33. The molecule has 1 heterocycles. The first-order valence-electron chi connectivity index (χ1n) is 6.93. The number of ether oxygens (including phenoxy) is 2. The zero-order valence-corrected chi connectivity index (χ0v) is 13.4. The number of hydrogen-bond acceptors (Lipinski definition) is 4. The third kappa shape index (κ3) is 3.95. The highest BCUT2D eigenvalue weighted by Gasteiger charge is 2.32. The Balaban J connectivity index is 2.48. The summed E-state index contributed by atoms with van der Waals surface area (Å²) in [6, 6.07) is 5.50. The number of rotatable bonds is 5. The fourth-order valence-corrected chi connectivity index (χ4v) is 2.60. The van der Waals surface area contributed by atoms with E-state index in [1.807, 2.05) is 0 Å². The molecule has 0 amide bonds. The van der Waals surface area contributed by atoms with Crippen molar-refractivity contribution in [1.29, 1.82) is 0 Å². The van der Waals surface area contributed by atoms with Gasteiger partial charge in [-0.3, -0.25) is 0 Å². The molecule has 1 aliphatic heterocycles. The highest BCUT2D eigenvalue weighted by molar-refractivity contribution is 7.80. The summed E-state index contributed by atoms with van der Waals surface area (Å²) in [6.45, 7) is 0.580. The van der Waals surface area contributed by atoms with Crippen LogP contribution >= 0.6 is 12.2 Å². The van der Waals surface area contributed by atoms with Crippen LogP contribution in [0.15, 0.2) is 35.5 Å². The molecule has 1 aromatic rings. The van der Waals surface area contributed by atoms with Crippen LogP contribution in [0, 0.1) is 0 Å². The van der Waals surface area contributed by atoms with Crippen molar-refractivity contribution < 1.29 is 23.0 Å². The van der Waals surface area contributed by atoms with Crippen LogP contribution in [0.2, 0.25) is 0 Å². The molecule has 0 radical (unpaired) electrons. The largest absolute Gasteiger partial charge is 0.463 e. The minimum absolute atomic E-state index is 0.0284. The average Bonchev–Trinajstić information content (AvgIpc) is 2.46. The topological polar surface area (TPSA) is 59.6 Å². The maximum atomic E-state index is 12.6. The van der Waals surface area contributed by atoms with E-state index in [0.29, 0.717) is 11.3 Å². The van der Waals surface area contributed by atoms with Crippen molar-refractivity contribution in [3.05, 3.63) is 41.1 Å². The third-order valence-electron chi connectivity index (χ3n) is 3.21. The second kappa shape index (κ2) is 7.36. The number of carbonyl (C=O) groups excluding carboxylic acids is 1. The molecule has 0 saturated heterocycles. The zero-order valence-electron chi connectivity index (χ0n) is 12.6. The summed E-state index contributed by atoms with van der Waals surface area (Å²) in [7, 11) is 0. The van der Waals surface area contributed by atoms with Gasteiger partial charge in [0.25, 0.3) is 0 Å². The Morgan fingerprint density at radius 3 is 2.74 bits per heavy atom. The molecule has 5 nitrogen and oxygen atoms in total. The van der Waals surface area contributed by atoms with Crippen molar-refractivity contribution in [2.45, 2.75) is 26.5 Å². The summed E-state index contributed by atoms with van der Waals surface area (Å²) in [4.78, 5) is 12.2. The molecule has 1 unspecified atom stereocenters. The third-order valence-corrected chi connectivity index (χ3v) is 3.43. The number of allylic oxidation sites excluding steroid dienone is 1. The fraction of sp³-hybridized carbons (Fsp3) is 0.333. The summed E-state index contributed by atoms with van der Waals surface area (Å²) in [6.07, 6.45) is 0. The Hall–Kier alpha value is -2.22. The predicted octanol–water partition coefficient (Wildman–Crippen LogP) is 2.64. The van der Waals surface area contributed by atoms with E-state index < -0.39 is 18.6 Å². The summed E-state index contributed by atoms with van der Waals surface area (Å²) >= 11 is 5.10. The van der Waals surface area contributed by atoms with Gasteiger partial charge in [0.05, 0.1) is 18.2 Å². The van der Waals surface area contributed by atoms with Gasteiger partial charge < -0.3 is 20.1 Å². The van der Waals surface area contributed by atoms with Gasteiger partial charge in [0, 0.05) is 11.3 Å². The van der Waals surface area contributed by atoms with E-state index in [2.05, 4.69) is 15.4 Å². The maximum Gasteiger partial charge on any atom is 0.387 e. The van der Waals surface area contributed by atoms with Gasteiger partial charge in [-0.05, 0) is 32.1 Å². The van der Waals surface area contributed by atoms with Crippen LogP contribution in [-0.4, -0.2) is 24.3 Å². The van der Waals surface area contributed by atoms with E-state index >= 15 is 0 Å². The first kappa shape index (κ1) is 17.1. The second-order valence-electron chi connectivity index (χ2n) is 4.71. The molecular weight excluding hydrogens is 326 g/mol. The van der Waals surface area contributed by atoms with E-state index in [1.165, 1.54) is 6.07 Å². The van der Waals surface area contributed by atoms with Gasteiger partial charge in [-0.2, -0.15) is 8.78 Å². The number of para-hydroxylation sites is 1. The van der Waals surface area contributed by atoms with Gasteiger partial charge >= 0.3 is 12.6 Å². The molecule has 1 aromatic carbocycles. The molecule has 2 N–H and O–H groups in total. The molecule has 0 aromatic heterocycles. The van der Waals surface area contributed by atoms with E-state index in [4.69, 9.17) is 17.0 Å². The predicted molar refractivity (Wildman–Crippen MR) is 84.0 cm³/mol. The molecule has 8 heteroatoms. The van der Waals surface area contributed by atoms with E-state index in [0.717, 1.165) is 0 Å². The van der Waals surface area contributed by atoms with Crippen LogP contribution in [0.1, 0.15) is 25.5 Å². The first-order chi connectivity index (χ1) is 10.9. The molecule has 2 rings (SSSR count). The summed E-state index contributed by atoms with van der Waals surface area (Å²) in [5.41, 5.74) is 1.15. The van der Waals surface area contributed by atoms with Crippen molar-refractivity contribution in [2.24, 2.45) is 0 Å². The van der Waals surface area contributed by atoms with Crippen LogP contribution in [0.25, 0.3) is 0 Å². The van der Waals surface area contributed by atoms with E-state index in [1.54, 1.807) is 32.0 Å². The standard InChI is InChI=1S/C15H16F2N2O3S/c1-3-21-13(20)11-8(2)18-15(23)19-12(11)9-6-4-5-7-10(9)22-14(16)17/h4-7,12,14H,3H2,1-2H3,(H2,18,19,23). The average molecular weight is 342 g/mol. The second-order valence-corrected chi connectivity index (χ2v) is 5.12. The number of carbonyl (C=O) groups is 1. The number of esters is 1. The van der Waals surface area contributed by atoms with Crippen molar-refractivity contribution in [3.63, 3.8) is 0 Å². The summed E-state index contributed by atoms with van der Waals surface area (Å²) in [5, 5.41) is 6.03. The van der Waals surface area contributed by atoms with Gasteiger partial charge in [0.1, 0.15) is 5.75 Å². The highest BCUT2D eigenvalue weighted by atomic mass is 32.1. The Morgan fingerprint density at radius 2 is 2.09 bits per heavy atom. The van der Waals surface area contributed by atoms with Crippen LogP contribution in [0.3, 0.4) is 0 Å². The number of thiocarbonyl (C=S) groups is 1. The van der Waals surface area contributed by atoms with Crippen LogP contribution < -0.4 is 15.4 Å². The molecule has 124 valence electrons. The van der Waals surface area contributed by atoms with Crippen molar-refractivity contribution in [1.82, 2.24) is 10.6 Å². The normalized spacial score (nSPS) is 17.6. The molecule has 0 fully saturated rings. The summed E-state index contributed by atoms with van der Waals surface area (Å²) < 4.78 is 34.8. The molecule has 0 spiro atoms. The van der Waals surface area contributed by atoms with Gasteiger partial charge in [0.2, 0.25) is 0 Å². The number of hydrogen-bond donors (Lipinski definition) is 2. The van der Waals surface area contributed by atoms with Crippen molar-refractivity contribution in [2.75, 3.05) is 6.61 Å². The van der Waals surface area contributed by atoms with E-state index in [-0.39, 0.29) is 23.0 Å². The highest BCUT2D eigenvalue weighted by Crippen LogP contribution is 2.34. The Bertz CT molecular complexity index is 649. The lowest BCUT2D eigenvalue weighted by Crippen LogP contribution is -2.45. The lowest BCUT2D eigenvalue weighted by Gasteiger charge is -2.30. The zero-order chi connectivity index (χ0) is 17.0. The molecule has 0 saturated carbocycles. The molecule has 23 heavy (non-hydrogen) atoms. The van der Waals surface area contributed by atoms with Gasteiger partial charge in [-0.1, -0.05) is 18.2 Å². The minimum atomic E-state index is -2.97. The molecule has 0 aliphatic carbocycles. The number of halogens is 2. The lowest BCUT2D eigenvalue weighted by atomic mass is 9.95. The van der Waals surface area contributed by atoms with Gasteiger partial charge in [-0.25, -0.2) is 4.79 Å². The number of alkyl halides is 2. The van der Waals surface area contributed by atoms with Crippen molar-refractivity contribution in [3.8, 4) is 5.75 Å². The smallest absolute Gasteiger partial charge is 0.387 e. The number of benzene rings is 1.